The normalized spacial score (nSPS) is 10.6. The molecule has 0 saturated carbocycles. The summed E-state index contributed by atoms with van der Waals surface area (Å²) in [6.07, 6.45) is 0. The third kappa shape index (κ3) is 2.92. The summed E-state index contributed by atoms with van der Waals surface area (Å²) >= 11 is 0. The van der Waals surface area contributed by atoms with Crippen LogP contribution in [-0.4, -0.2) is 0 Å². The molecule has 0 radical (unpaired) electrons. The Hall–Kier alpha value is -3.32. The zero-order valence-corrected chi connectivity index (χ0v) is 13.9. The van der Waals surface area contributed by atoms with E-state index in [4.69, 9.17) is 5.73 Å². The average Bonchev–Trinajstić information content (AvgIpc) is 2.69. The second-order valence-electron chi connectivity index (χ2n) is 6.05. The first-order valence-corrected chi connectivity index (χ1v) is 8.43. The van der Waals surface area contributed by atoms with Gasteiger partial charge in [-0.05, 0) is 33.9 Å². The Kier molecular flexibility index (Phi) is 4.05. The average molecular weight is 321 g/mol. The molecule has 0 unspecified atom stereocenters. The summed E-state index contributed by atoms with van der Waals surface area (Å²) in [5, 5.41) is 0. The van der Waals surface area contributed by atoms with Crippen LogP contribution in [0, 0.1) is 0 Å². The predicted molar refractivity (Wildman–Crippen MR) is 107 cm³/mol. The molecular formula is C24H19N. The molecule has 1 nitrogen and oxygen atoms in total. The zero-order chi connectivity index (χ0) is 17.1. The van der Waals surface area contributed by atoms with Crippen molar-refractivity contribution in [2.75, 3.05) is 5.73 Å². The van der Waals surface area contributed by atoms with Crippen LogP contribution in [0.25, 0.3) is 33.4 Å². The number of nitrogens with two attached hydrogens (primary N) is 1. The summed E-state index contributed by atoms with van der Waals surface area (Å²) in [6, 6.07) is 35.5. The van der Waals surface area contributed by atoms with Gasteiger partial charge in [0.05, 0.1) is 0 Å². The van der Waals surface area contributed by atoms with Crippen molar-refractivity contribution >= 4 is 5.69 Å². The Bertz CT molecular complexity index is 989. The van der Waals surface area contributed by atoms with Gasteiger partial charge in [0.1, 0.15) is 0 Å². The van der Waals surface area contributed by atoms with Gasteiger partial charge < -0.3 is 5.73 Å². The number of anilines is 1. The number of benzene rings is 4. The predicted octanol–water partition coefficient (Wildman–Crippen LogP) is 6.27. The molecule has 25 heavy (non-hydrogen) atoms. The van der Waals surface area contributed by atoms with Gasteiger partial charge in [-0.1, -0.05) is 97.1 Å². The Morgan fingerprint density at radius 3 is 1.52 bits per heavy atom. The van der Waals surface area contributed by atoms with Crippen molar-refractivity contribution in [3.05, 3.63) is 103 Å². The van der Waals surface area contributed by atoms with Crippen molar-refractivity contribution < 1.29 is 0 Å². The van der Waals surface area contributed by atoms with Crippen LogP contribution in [-0.2, 0) is 0 Å². The Morgan fingerprint density at radius 1 is 0.400 bits per heavy atom. The lowest BCUT2D eigenvalue weighted by Crippen LogP contribution is -1.95. The fraction of sp³-hybridized carbons (Fsp3) is 0. The summed E-state index contributed by atoms with van der Waals surface area (Å²) < 4.78 is 0. The molecule has 4 rings (SSSR count). The molecule has 0 aliphatic heterocycles. The molecule has 2 N–H and O–H groups in total. The highest BCUT2D eigenvalue weighted by atomic mass is 14.6. The van der Waals surface area contributed by atoms with Gasteiger partial charge in [0, 0.05) is 11.3 Å². The molecule has 0 aliphatic rings. The van der Waals surface area contributed by atoms with Crippen molar-refractivity contribution in [1.82, 2.24) is 0 Å². The Balaban J connectivity index is 1.99. The van der Waals surface area contributed by atoms with Crippen LogP contribution in [0.5, 0.6) is 0 Å². The molecular weight excluding hydrogens is 302 g/mol. The van der Waals surface area contributed by atoms with Gasteiger partial charge in [0.15, 0.2) is 0 Å². The van der Waals surface area contributed by atoms with Gasteiger partial charge in [-0.25, -0.2) is 0 Å². The van der Waals surface area contributed by atoms with E-state index in [1.165, 1.54) is 16.7 Å². The number of nitrogen functional groups attached to an aromatic ring is 1. The topological polar surface area (TPSA) is 26.0 Å². The molecule has 4 aromatic rings. The monoisotopic (exact) mass is 321 g/mol. The van der Waals surface area contributed by atoms with Crippen LogP contribution in [0.3, 0.4) is 0 Å². The maximum Gasteiger partial charge on any atom is 0.0400 e. The first-order valence-electron chi connectivity index (χ1n) is 8.43. The van der Waals surface area contributed by atoms with Crippen molar-refractivity contribution in [2.45, 2.75) is 0 Å². The summed E-state index contributed by atoms with van der Waals surface area (Å²) in [5.74, 6) is 0. The molecule has 0 atom stereocenters. The molecule has 0 aromatic heterocycles. The smallest absolute Gasteiger partial charge is 0.0400 e. The Morgan fingerprint density at radius 2 is 0.880 bits per heavy atom. The zero-order valence-electron chi connectivity index (χ0n) is 13.9. The van der Waals surface area contributed by atoms with E-state index < -0.39 is 0 Å². The molecule has 0 fully saturated rings. The van der Waals surface area contributed by atoms with E-state index in [0.717, 1.165) is 22.4 Å². The van der Waals surface area contributed by atoms with Gasteiger partial charge >= 0.3 is 0 Å². The molecule has 120 valence electrons. The van der Waals surface area contributed by atoms with E-state index >= 15 is 0 Å². The van der Waals surface area contributed by atoms with E-state index in [2.05, 4.69) is 78.9 Å². The standard InChI is InChI=1S/C24H19N/c25-23-17-9-16-21(19-12-5-2-6-13-19)24(23)22-15-8-7-14-20(22)18-10-3-1-4-11-18/h1-17H,25H2. The SMILES string of the molecule is Nc1cccc(-c2ccccc2)c1-c1ccccc1-c1ccccc1. The molecule has 0 heterocycles. The molecule has 4 aromatic carbocycles. The Labute approximate surface area is 148 Å². The summed E-state index contributed by atoms with van der Waals surface area (Å²) in [5.41, 5.74) is 14.2. The minimum atomic E-state index is 0.796. The van der Waals surface area contributed by atoms with E-state index in [1.807, 2.05) is 24.3 Å². The molecule has 0 aliphatic carbocycles. The van der Waals surface area contributed by atoms with Gasteiger partial charge in [-0.3, -0.25) is 0 Å². The minimum absolute atomic E-state index is 0.796. The lowest BCUT2D eigenvalue weighted by Gasteiger charge is -2.17. The molecule has 0 amide bonds. The maximum atomic E-state index is 6.44. The third-order valence-electron chi connectivity index (χ3n) is 4.46. The lowest BCUT2D eigenvalue weighted by atomic mass is 9.88. The lowest BCUT2D eigenvalue weighted by molar-refractivity contribution is 1.56. The van der Waals surface area contributed by atoms with E-state index in [9.17, 15) is 0 Å². The summed E-state index contributed by atoms with van der Waals surface area (Å²) in [6.45, 7) is 0. The molecule has 1 heteroatoms. The quantitative estimate of drug-likeness (QED) is 0.442. The highest BCUT2D eigenvalue weighted by Gasteiger charge is 2.14. The fourth-order valence-electron chi connectivity index (χ4n) is 3.30. The highest BCUT2D eigenvalue weighted by molar-refractivity contribution is 5.97. The van der Waals surface area contributed by atoms with Crippen LogP contribution >= 0.6 is 0 Å². The summed E-state index contributed by atoms with van der Waals surface area (Å²) in [7, 11) is 0. The molecule has 0 spiro atoms. The second-order valence-corrected chi connectivity index (χ2v) is 6.05. The van der Waals surface area contributed by atoms with Crippen LogP contribution in [0.4, 0.5) is 5.69 Å². The van der Waals surface area contributed by atoms with Crippen molar-refractivity contribution in [3.63, 3.8) is 0 Å². The molecule has 0 saturated heterocycles. The van der Waals surface area contributed by atoms with Crippen molar-refractivity contribution in [2.24, 2.45) is 0 Å². The second kappa shape index (κ2) is 6.66. The third-order valence-corrected chi connectivity index (χ3v) is 4.46. The first-order chi connectivity index (χ1) is 12.3. The van der Waals surface area contributed by atoms with Gasteiger partial charge in [0.2, 0.25) is 0 Å². The van der Waals surface area contributed by atoms with E-state index in [1.54, 1.807) is 0 Å². The minimum Gasteiger partial charge on any atom is -0.398 e. The van der Waals surface area contributed by atoms with Crippen molar-refractivity contribution in [3.8, 4) is 33.4 Å². The number of rotatable bonds is 3. The largest absolute Gasteiger partial charge is 0.398 e. The fourth-order valence-corrected chi connectivity index (χ4v) is 3.30. The summed E-state index contributed by atoms with van der Waals surface area (Å²) in [4.78, 5) is 0. The van der Waals surface area contributed by atoms with E-state index in [-0.39, 0.29) is 0 Å². The van der Waals surface area contributed by atoms with Gasteiger partial charge in [-0.15, -0.1) is 0 Å². The van der Waals surface area contributed by atoms with Gasteiger partial charge in [0.25, 0.3) is 0 Å². The van der Waals surface area contributed by atoms with E-state index in [0.29, 0.717) is 0 Å². The first kappa shape index (κ1) is 15.2. The van der Waals surface area contributed by atoms with Crippen LogP contribution < -0.4 is 5.73 Å². The molecule has 0 bridgehead atoms. The maximum absolute atomic E-state index is 6.44. The number of hydrogen-bond donors (Lipinski definition) is 1. The van der Waals surface area contributed by atoms with Crippen LogP contribution in [0.15, 0.2) is 103 Å². The highest BCUT2D eigenvalue weighted by Crippen LogP contribution is 2.41. The van der Waals surface area contributed by atoms with Crippen molar-refractivity contribution in [1.29, 1.82) is 0 Å². The van der Waals surface area contributed by atoms with Crippen LogP contribution in [0.1, 0.15) is 0 Å². The van der Waals surface area contributed by atoms with Gasteiger partial charge in [-0.2, -0.15) is 0 Å². The number of hydrogen-bond acceptors (Lipinski definition) is 1. The van der Waals surface area contributed by atoms with Crippen LogP contribution in [0.2, 0.25) is 0 Å².